The molecule has 0 radical (unpaired) electrons. The molecule has 142 valence electrons. The van der Waals surface area contributed by atoms with Crippen LogP contribution in [0.2, 0.25) is 5.02 Å². The minimum atomic E-state index is -0.720. The van der Waals surface area contributed by atoms with Crippen molar-refractivity contribution in [3.8, 4) is 11.5 Å². The average molecular weight is 389 g/mol. The predicted octanol–water partition coefficient (Wildman–Crippen LogP) is 3.50. The molecule has 0 aliphatic carbocycles. The van der Waals surface area contributed by atoms with Gasteiger partial charge in [-0.05, 0) is 18.1 Å². The molecule has 0 spiro atoms. The minimum absolute atomic E-state index is 0.117. The number of hydrogen-bond acceptors (Lipinski definition) is 4. The lowest BCUT2D eigenvalue weighted by Crippen LogP contribution is -2.47. The van der Waals surface area contributed by atoms with Crippen molar-refractivity contribution in [1.82, 2.24) is 5.32 Å². The van der Waals surface area contributed by atoms with Crippen molar-refractivity contribution in [2.24, 2.45) is 5.92 Å². The quantitative estimate of drug-likeness (QED) is 0.821. The number of carbonyl (C=O) groups excluding carboxylic acids is 2. The van der Waals surface area contributed by atoms with E-state index in [4.69, 9.17) is 21.1 Å². The summed E-state index contributed by atoms with van der Waals surface area (Å²) in [7, 11) is 0. The maximum atomic E-state index is 12.8. The number of fused-ring (bicyclic) bond motifs is 1. The topological polar surface area (TPSA) is 76.7 Å². The van der Waals surface area contributed by atoms with Crippen LogP contribution in [-0.4, -0.2) is 31.1 Å². The second-order valence-electron chi connectivity index (χ2n) is 6.53. The third-order valence-electron chi connectivity index (χ3n) is 4.16. The smallest absolute Gasteiger partial charge is 0.251 e. The monoisotopic (exact) mass is 388 g/mol. The molecule has 6 nitrogen and oxygen atoms in total. The molecule has 2 amide bonds. The fourth-order valence-corrected chi connectivity index (χ4v) is 2.92. The van der Waals surface area contributed by atoms with Crippen LogP contribution in [0.25, 0.3) is 0 Å². The lowest BCUT2D eigenvalue weighted by molar-refractivity contribution is -0.118. The molecule has 2 aromatic carbocycles. The Morgan fingerprint density at radius 3 is 2.30 bits per heavy atom. The Hall–Kier alpha value is -2.73. The first kappa shape index (κ1) is 19.0. The van der Waals surface area contributed by atoms with Crippen LogP contribution in [0.15, 0.2) is 42.5 Å². The first-order valence-corrected chi connectivity index (χ1v) is 9.09. The molecule has 0 fully saturated rings. The second kappa shape index (κ2) is 8.31. The number of nitrogens with one attached hydrogen (secondary N) is 2. The summed E-state index contributed by atoms with van der Waals surface area (Å²) in [5.74, 6) is 0.289. The van der Waals surface area contributed by atoms with Crippen LogP contribution in [-0.2, 0) is 4.79 Å². The van der Waals surface area contributed by atoms with Crippen molar-refractivity contribution >= 4 is 29.1 Å². The minimum Gasteiger partial charge on any atom is -0.486 e. The first-order chi connectivity index (χ1) is 13.0. The molecular formula is C20H21ClN2O4. The van der Waals surface area contributed by atoms with Crippen LogP contribution < -0.4 is 20.1 Å². The zero-order valence-corrected chi connectivity index (χ0v) is 15.9. The van der Waals surface area contributed by atoms with Gasteiger partial charge in [-0.2, -0.15) is 0 Å². The molecule has 0 saturated carbocycles. The predicted molar refractivity (Wildman–Crippen MR) is 104 cm³/mol. The summed E-state index contributed by atoms with van der Waals surface area (Å²) < 4.78 is 11.0. The Balaban J connectivity index is 1.75. The molecule has 2 N–H and O–H groups in total. The highest BCUT2D eigenvalue weighted by molar-refractivity contribution is 6.34. The molecule has 27 heavy (non-hydrogen) atoms. The van der Waals surface area contributed by atoms with Crippen LogP contribution in [0.4, 0.5) is 5.69 Å². The Labute approximate surface area is 162 Å². The number of amides is 2. The molecule has 1 aliphatic rings. The molecule has 1 heterocycles. The number of anilines is 1. The van der Waals surface area contributed by atoms with E-state index in [2.05, 4.69) is 10.6 Å². The van der Waals surface area contributed by atoms with Crippen LogP contribution >= 0.6 is 11.6 Å². The van der Waals surface area contributed by atoms with Gasteiger partial charge in [0.2, 0.25) is 5.91 Å². The fraction of sp³-hybridized carbons (Fsp3) is 0.300. The van der Waals surface area contributed by atoms with Gasteiger partial charge in [-0.25, -0.2) is 0 Å². The van der Waals surface area contributed by atoms with Crippen molar-refractivity contribution in [3.63, 3.8) is 0 Å². The Morgan fingerprint density at radius 2 is 1.67 bits per heavy atom. The van der Waals surface area contributed by atoms with Gasteiger partial charge in [0.25, 0.3) is 5.91 Å². The molecule has 1 aliphatic heterocycles. The molecular weight excluding hydrogens is 368 g/mol. The van der Waals surface area contributed by atoms with E-state index >= 15 is 0 Å². The van der Waals surface area contributed by atoms with Crippen molar-refractivity contribution < 1.29 is 19.1 Å². The molecule has 3 rings (SSSR count). The summed E-state index contributed by atoms with van der Waals surface area (Å²) in [6.45, 7) is 4.61. The summed E-state index contributed by atoms with van der Waals surface area (Å²) in [6, 6.07) is 11.3. The average Bonchev–Trinajstić information content (AvgIpc) is 2.66. The van der Waals surface area contributed by atoms with E-state index < -0.39 is 6.04 Å². The molecule has 1 atom stereocenters. The summed E-state index contributed by atoms with van der Waals surface area (Å²) in [5, 5.41) is 5.90. The van der Waals surface area contributed by atoms with Crippen molar-refractivity contribution in [1.29, 1.82) is 0 Å². The highest BCUT2D eigenvalue weighted by atomic mass is 35.5. The maximum absolute atomic E-state index is 12.8. The van der Waals surface area contributed by atoms with Gasteiger partial charge in [0.05, 0.1) is 10.7 Å². The van der Waals surface area contributed by atoms with E-state index in [1.165, 1.54) is 0 Å². The van der Waals surface area contributed by atoms with Gasteiger partial charge in [-0.15, -0.1) is 0 Å². The lowest BCUT2D eigenvalue weighted by atomic mass is 10.0. The van der Waals surface area contributed by atoms with E-state index in [1.807, 2.05) is 19.9 Å². The normalized spacial score (nSPS) is 13.8. The zero-order valence-electron chi connectivity index (χ0n) is 15.1. The third kappa shape index (κ3) is 4.52. The number of carbonyl (C=O) groups is 2. The molecule has 1 unspecified atom stereocenters. The van der Waals surface area contributed by atoms with E-state index in [1.54, 1.807) is 36.4 Å². The SMILES string of the molecule is CC(C)C(NC(=O)c1ccccc1)C(=O)Nc1cc2c(cc1Cl)OCCO2. The maximum Gasteiger partial charge on any atom is 0.251 e. The fourth-order valence-electron chi connectivity index (χ4n) is 2.72. The van der Waals surface area contributed by atoms with Crippen LogP contribution in [0.5, 0.6) is 11.5 Å². The lowest BCUT2D eigenvalue weighted by Gasteiger charge is -2.23. The van der Waals surface area contributed by atoms with Crippen LogP contribution in [0.1, 0.15) is 24.2 Å². The van der Waals surface area contributed by atoms with Crippen LogP contribution in [0.3, 0.4) is 0 Å². The summed E-state index contributed by atoms with van der Waals surface area (Å²) in [6.07, 6.45) is 0. The van der Waals surface area contributed by atoms with Gasteiger partial charge in [-0.3, -0.25) is 9.59 Å². The number of halogens is 1. The highest BCUT2D eigenvalue weighted by Crippen LogP contribution is 2.38. The van der Waals surface area contributed by atoms with Gasteiger partial charge in [0.1, 0.15) is 19.3 Å². The Bertz CT molecular complexity index is 839. The Kier molecular flexibility index (Phi) is 5.86. The summed E-state index contributed by atoms with van der Waals surface area (Å²) in [5.41, 5.74) is 0.902. The van der Waals surface area contributed by atoms with E-state index in [0.717, 1.165) is 0 Å². The van der Waals surface area contributed by atoms with Crippen molar-refractivity contribution in [2.45, 2.75) is 19.9 Å². The molecule has 7 heteroatoms. The zero-order chi connectivity index (χ0) is 19.4. The van der Waals surface area contributed by atoms with Crippen LogP contribution in [0, 0.1) is 5.92 Å². The summed E-state index contributed by atoms with van der Waals surface area (Å²) >= 11 is 6.25. The van der Waals surface area contributed by atoms with Gasteiger partial charge < -0.3 is 20.1 Å². The van der Waals surface area contributed by atoms with Gasteiger partial charge >= 0.3 is 0 Å². The first-order valence-electron chi connectivity index (χ1n) is 8.71. The third-order valence-corrected chi connectivity index (χ3v) is 4.47. The standard InChI is InChI=1S/C20H21ClN2O4/c1-12(2)18(23-19(24)13-6-4-3-5-7-13)20(25)22-15-11-17-16(10-14(15)21)26-8-9-27-17/h3-7,10-12,18H,8-9H2,1-2H3,(H,22,25)(H,23,24). The highest BCUT2D eigenvalue weighted by Gasteiger charge is 2.26. The van der Waals surface area contributed by atoms with Gasteiger partial charge in [0, 0.05) is 17.7 Å². The van der Waals surface area contributed by atoms with Gasteiger partial charge in [0.15, 0.2) is 11.5 Å². The summed E-state index contributed by atoms with van der Waals surface area (Å²) in [4.78, 5) is 25.2. The largest absolute Gasteiger partial charge is 0.486 e. The molecule has 0 aromatic heterocycles. The van der Waals surface area contributed by atoms with Crippen molar-refractivity contribution in [3.05, 3.63) is 53.1 Å². The van der Waals surface area contributed by atoms with E-state index in [9.17, 15) is 9.59 Å². The van der Waals surface area contributed by atoms with Gasteiger partial charge in [-0.1, -0.05) is 43.6 Å². The second-order valence-corrected chi connectivity index (χ2v) is 6.93. The van der Waals surface area contributed by atoms with E-state index in [-0.39, 0.29) is 17.7 Å². The Morgan fingerprint density at radius 1 is 1.04 bits per heavy atom. The molecule has 0 saturated heterocycles. The van der Waals surface area contributed by atoms with Crippen molar-refractivity contribution in [2.75, 3.05) is 18.5 Å². The van der Waals surface area contributed by atoms with E-state index in [0.29, 0.717) is 41.0 Å². The number of hydrogen-bond donors (Lipinski definition) is 2. The number of ether oxygens (including phenoxy) is 2. The molecule has 0 bridgehead atoms. The molecule has 2 aromatic rings. The number of benzene rings is 2. The number of rotatable bonds is 5.